The van der Waals surface area contributed by atoms with Gasteiger partial charge in [0.25, 0.3) is 0 Å². The van der Waals surface area contributed by atoms with Crippen molar-refractivity contribution < 1.29 is 29.4 Å². The highest BCUT2D eigenvalue weighted by Gasteiger charge is 2.73. The van der Waals surface area contributed by atoms with Crippen LogP contribution in [-0.2, 0) is 19.2 Å². The van der Waals surface area contributed by atoms with Gasteiger partial charge in [-0.15, -0.1) is 0 Å². The molecule has 0 aromatic heterocycles. The van der Waals surface area contributed by atoms with Gasteiger partial charge < -0.3 is 10.2 Å². The molecule has 0 aromatic rings. The molecule has 19 heavy (non-hydrogen) atoms. The minimum atomic E-state index is -1.38. The van der Waals surface area contributed by atoms with Crippen LogP contribution in [0, 0.1) is 17.3 Å². The van der Waals surface area contributed by atoms with E-state index >= 15 is 0 Å². The van der Waals surface area contributed by atoms with Crippen LogP contribution in [0.4, 0.5) is 0 Å². The van der Waals surface area contributed by atoms with Crippen LogP contribution >= 0.6 is 0 Å². The molecule has 3 unspecified atom stereocenters. The second-order valence-electron chi connectivity index (χ2n) is 5.61. The number of carboxylic acid groups (broad SMARTS) is 2. The molecule has 7 nitrogen and oxygen atoms in total. The Balaban J connectivity index is 2.16. The Labute approximate surface area is 109 Å². The number of carbonyl (C=O) groups is 4. The number of fused-ring (bicyclic) bond motifs is 1. The summed E-state index contributed by atoms with van der Waals surface area (Å²) < 4.78 is 0. The maximum Gasteiger partial charge on any atom is 0.326 e. The highest BCUT2D eigenvalue weighted by atomic mass is 16.4. The van der Waals surface area contributed by atoms with E-state index < -0.39 is 53.5 Å². The Hall–Kier alpha value is -1.92. The summed E-state index contributed by atoms with van der Waals surface area (Å²) in [7, 11) is 0. The number of likely N-dealkylation sites (tertiary alicyclic amines) is 1. The molecule has 1 aliphatic carbocycles. The van der Waals surface area contributed by atoms with Crippen LogP contribution < -0.4 is 0 Å². The molecule has 1 heterocycles. The van der Waals surface area contributed by atoms with Gasteiger partial charge in [0.2, 0.25) is 11.8 Å². The van der Waals surface area contributed by atoms with E-state index in [2.05, 4.69) is 0 Å². The Morgan fingerprint density at radius 1 is 1.21 bits per heavy atom. The van der Waals surface area contributed by atoms with Crippen molar-refractivity contribution in [2.75, 3.05) is 0 Å². The lowest BCUT2D eigenvalue weighted by Crippen LogP contribution is -2.48. The van der Waals surface area contributed by atoms with Crippen molar-refractivity contribution in [1.29, 1.82) is 0 Å². The first-order chi connectivity index (χ1) is 8.69. The Bertz CT molecular complexity index is 459. The molecule has 3 atom stereocenters. The molecule has 2 rings (SSSR count). The molecule has 0 radical (unpaired) electrons. The topological polar surface area (TPSA) is 112 Å². The monoisotopic (exact) mass is 269 g/mol. The number of aliphatic carboxylic acids is 2. The van der Waals surface area contributed by atoms with Crippen LogP contribution in [0.2, 0.25) is 0 Å². The molecule has 0 bridgehead atoms. The van der Waals surface area contributed by atoms with Crippen LogP contribution in [0.15, 0.2) is 0 Å². The smallest absolute Gasteiger partial charge is 0.326 e. The first-order valence-corrected chi connectivity index (χ1v) is 6.01. The summed E-state index contributed by atoms with van der Waals surface area (Å²) in [5, 5.41) is 17.7. The third-order valence-electron chi connectivity index (χ3n) is 4.06. The van der Waals surface area contributed by atoms with E-state index in [1.807, 2.05) is 0 Å². The van der Waals surface area contributed by atoms with Gasteiger partial charge in [-0.25, -0.2) is 4.79 Å². The zero-order valence-electron chi connectivity index (χ0n) is 10.6. The summed E-state index contributed by atoms with van der Waals surface area (Å²) in [4.78, 5) is 46.5. The van der Waals surface area contributed by atoms with Crippen LogP contribution in [0.3, 0.4) is 0 Å². The number of imide groups is 1. The van der Waals surface area contributed by atoms with Gasteiger partial charge in [0.15, 0.2) is 0 Å². The molecule has 1 saturated heterocycles. The molecule has 2 amide bonds. The molecule has 0 spiro atoms. The van der Waals surface area contributed by atoms with Gasteiger partial charge in [0.1, 0.15) is 6.04 Å². The second-order valence-corrected chi connectivity index (χ2v) is 5.61. The maximum atomic E-state index is 12.1. The molecule has 104 valence electrons. The summed E-state index contributed by atoms with van der Waals surface area (Å²) in [5.74, 6) is -4.38. The van der Waals surface area contributed by atoms with Crippen molar-refractivity contribution >= 4 is 23.8 Å². The third kappa shape index (κ3) is 1.89. The predicted molar refractivity (Wildman–Crippen MR) is 60.9 cm³/mol. The highest BCUT2D eigenvalue weighted by molar-refractivity contribution is 6.12. The fraction of sp³-hybridized carbons (Fsp3) is 0.667. The van der Waals surface area contributed by atoms with Gasteiger partial charge in [-0.3, -0.25) is 19.3 Å². The number of hydrogen-bond donors (Lipinski definition) is 2. The first kappa shape index (κ1) is 13.5. The Morgan fingerprint density at radius 2 is 1.68 bits per heavy atom. The third-order valence-corrected chi connectivity index (χ3v) is 4.06. The van der Waals surface area contributed by atoms with Gasteiger partial charge >= 0.3 is 11.9 Å². The average Bonchev–Trinajstić information content (AvgIpc) is 2.73. The SMILES string of the molecule is CC1(C)C2C(=O)N(C(CCC(=O)O)C(=O)O)C(=O)C21. The average molecular weight is 269 g/mol. The minimum absolute atomic E-state index is 0.262. The molecule has 1 aliphatic heterocycles. The van der Waals surface area contributed by atoms with E-state index in [0.29, 0.717) is 0 Å². The Morgan fingerprint density at radius 3 is 2.05 bits per heavy atom. The zero-order chi connectivity index (χ0) is 14.5. The van der Waals surface area contributed by atoms with Gasteiger partial charge in [-0.05, 0) is 11.8 Å². The standard InChI is InChI=1S/C12H15NO6/c1-12(2)7-8(12)10(17)13(9(7)16)5(11(18)19)3-4-6(14)15/h5,7-8H,3-4H2,1-2H3,(H,14,15)(H,18,19). The summed E-state index contributed by atoms with van der Waals surface area (Å²) in [6.45, 7) is 3.59. The van der Waals surface area contributed by atoms with Crippen LogP contribution in [-0.4, -0.2) is 44.9 Å². The van der Waals surface area contributed by atoms with E-state index in [9.17, 15) is 19.2 Å². The maximum absolute atomic E-state index is 12.1. The van der Waals surface area contributed by atoms with Gasteiger partial charge in [-0.2, -0.15) is 0 Å². The normalized spacial score (nSPS) is 29.1. The van der Waals surface area contributed by atoms with Crippen molar-refractivity contribution in [2.45, 2.75) is 32.7 Å². The number of piperidine rings is 1. The minimum Gasteiger partial charge on any atom is -0.481 e. The molecule has 2 fully saturated rings. The van der Waals surface area contributed by atoms with Gasteiger partial charge in [0.05, 0.1) is 11.8 Å². The van der Waals surface area contributed by atoms with E-state index in [-0.39, 0.29) is 6.42 Å². The van der Waals surface area contributed by atoms with E-state index in [1.165, 1.54) is 0 Å². The number of carboxylic acids is 2. The molecule has 1 saturated carbocycles. The first-order valence-electron chi connectivity index (χ1n) is 6.01. The summed E-state index contributed by atoms with van der Waals surface area (Å²) >= 11 is 0. The molecule has 7 heteroatoms. The summed E-state index contributed by atoms with van der Waals surface area (Å²) in [6.07, 6.45) is -0.658. The lowest BCUT2D eigenvalue weighted by atomic mass is 10.0. The largest absolute Gasteiger partial charge is 0.481 e. The quantitative estimate of drug-likeness (QED) is 0.676. The predicted octanol–water partition coefficient (Wildman–Crippen LogP) is -0.0546. The van der Waals surface area contributed by atoms with Crippen LogP contribution in [0.1, 0.15) is 26.7 Å². The molecule has 2 aliphatic rings. The van der Waals surface area contributed by atoms with E-state index in [0.717, 1.165) is 4.90 Å². The van der Waals surface area contributed by atoms with Gasteiger partial charge in [0, 0.05) is 6.42 Å². The van der Waals surface area contributed by atoms with Crippen molar-refractivity contribution in [3.63, 3.8) is 0 Å². The number of rotatable bonds is 5. The number of hydrogen-bond acceptors (Lipinski definition) is 4. The number of nitrogens with zero attached hydrogens (tertiary/aromatic N) is 1. The molecule has 0 aromatic carbocycles. The summed E-state index contributed by atoms with van der Waals surface area (Å²) in [5.41, 5.74) is -0.402. The zero-order valence-corrected chi connectivity index (χ0v) is 10.6. The van der Waals surface area contributed by atoms with Gasteiger partial charge in [-0.1, -0.05) is 13.8 Å². The Kier molecular flexibility index (Phi) is 2.87. The number of carbonyl (C=O) groups excluding carboxylic acids is 2. The summed E-state index contributed by atoms with van der Waals surface area (Å²) in [6, 6.07) is -1.38. The van der Waals surface area contributed by atoms with Crippen molar-refractivity contribution in [3.05, 3.63) is 0 Å². The fourth-order valence-corrected chi connectivity index (χ4v) is 2.90. The van der Waals surface area contributed by atoms with Crippen molar-refractivity contribution in [3.8, 4) is 0 Å². The van der Waals surface area contributed by atoms with Crippen LogP contribution in [0.25, 0.3) is 0 Å². The van der Waals surface area contributed by atoms with E-state index in [1.54, 1.807) is 13.8 Å². The lowest BCUT2D eigenvalue weighted by molar-refractivity contribution is -0.158. The molecule has 2 N–H and O–H groups in total. The second kappa shape index (κ2) is 4.04. The van der Waals surface area contributed by atoms with Crippen LogP contribution in [0.5, 0.6) is 0 Å². The molecular formula is C12H15NO6. The number of amides is 2. The fourth-order valence-electron chi connectivity index (χ4n) is 2.90. The molecular weight excluding hydrogens is 254 g/mol. The highest BCUT2D eigenvalue weighted by Crippen LogP contribution is 2.63. The van der Waals surface area contributed by atoms with E-state index in [4.69, 9.17) is 10.2 Å². The lowest BCUT2D eigenvalue weighted by Gasteiger charge is -2.26. The van der Waals surface area contributed by atoms with Crippen molar-refractivity contribution in [1.82, 2.24) is 4.90 Å². The van der Waals surface area contributed by atoms with Crippen molar-refractivity contribution in [2.24, 2.45) is 17.3 Å².